The highest BCUT2D eigenvalue weighted by molar-refractivity contribution is 6.00. The summed E-state index contributed by atoms with van der Waals surface area (Å²) < 4.78 is 5.45. The van der Waals surface area contributed by atoms with Gasteiger partial charge in [-0.2, -0.15) is 0 Å². The fraction of sp³-hybridized carbons (Fsp3) is 0.406. The Morgan fingerprint density at radius 1 is 0.897 bits per heavy atom. The smallest absolute Gasteiger partial charge is 0.408 e. The second kappa shape index (κ2) is 13.3. The third-order valence-corrected chi connectivity index (χ3v) is 6.14. The Labute approximate surface area is 231 Å². The molecule has 0 radical (unpaired) electrons. The van der Waals surface area contributed by atoms with Crippen LogP contribution in [-0.4, -0.2) is 41.0 Å². The molecule has 3 amide bonds. The van der Waals surface area contributed by atoms with Gasteiger partial charge in [-0.3, -0.25) is 9.59 Å². The van der Waals surface area contributed by atoms with Crippen molar-refractivity contribution in [1.29, 1.82) is 0 Å². The number of carbonyl (C=O) groups is 3. The summed E-state index contributed by atoms with van der Waals surface area (Å²) >= 11 is 0. The molecule has 0 aliphatic rings. The lowest BCUT2D eigenvalue weighted by atomic mass is 9.99. The maximum absolute atomic E-state index is 14.1. The van der Waals surface area contributed by atoms with E-state index >= 15 is 0 Å². The second-order valence-electron chi connectivity index (χ2n) is 11.2. The zero-order valence-electron chi connectivity index (χ0n) is 23.9. The number of alkyl carbamates (subject to hydrolysis) is 1. The molecule has 39 heavy (non-hydrogen) atoms. The molecule has 0 aromatic heterocycles. The number of ether oxygens (including phenoxy) is 1. The first-order chi connectivity index (χ1) is 18.5. The fourth-order valence-electron chi connectivity index (χ4n) is 4.54. The zero-order valence-corrected chi connectivity index (χ0v) is 23.9. The summed E-state index contributed by atoms with van der Waals surface area (Å²) in [6.07, 6.45) is 0.389. The number of nitrogens with one attached hydrogen (secondary N) is 2. The lowest BCUT2D eigenvalue weighted by Gasteiger charge is -2.34. The van der Waals surface area contributed by atoms with E-state index in [-0.39, 0.29) is 17.7 Å². The minimum absolute atomic E-state index is 0.124. The third-order valence-electron chi connectivity index (χ3n) is 6.14. The Kier molecular flexibility index (Phi) is 10.1. The third kappa shape index (κ3) is 8.57. The molecule has 2 N–H and O–H groups in total. The Morgan fingerprint density at radius 3 is 2.15 bits per heavy atom. The van der Waals surface area contributed by atoms with E-state index in [1.165, 1.54) is 0 Å². The second-order valence-corrected chi connectivity index (χ2v) is 11.2. The molecule has 7 nitrogen and oxygen atoms in total. The van der Waals surface area contributed by atoms with Crippen LogP contribution in [0.15, 0.2) is 72.8 Å². The standard InChI is InChI=1S/C32H41N3O4/c1-7-19-35(30(37)27(20-22(2)3)34-31(38)39-32(4,5)6)28(24-14-9-8-10-15-24)29(36)33-26-18-17-23-13-11-12-16-25(23)21-26/h8-18,21-22,27-28H,7,19-20H2,1-6H3,(H,33,36)(H,34,38). The van der Waals surface area contributed by atoms with E-state index in [9.17, 15) is 14.4 Å². The molecule has 0 bridgehead atoms. The molecule has 2 atom stereocenters. The molecule has 2 unspecified atom stereocenters. The van der Waals surface area contributed by atoms with Crippen LogP contribution in [0.1, 0.15) is 66.0 Å². The van der Waals surface area contributed by atoms with E-state index < -0.39 is 23.8 Å². The number of anilines is 1. The number of hydrogen-bond donors (Lipinski definition) is 2. The van der Waals surface area contributed by atoms with Crippen LogP contribution in [0.4, 0.5) is 10.5 Å². The molecule has 0 fully saturated rings. The van der Waals surface area contributed by atoms with Gasteiger partial charge >= 0.3 is 6.09 Å². The predicted octanol–water partition coefficient (Wildman–Crippen LogP) is 6.70. The van der Waals surface area contributed by atoms with Gasteiger partial charge in [-0.1, -0.05) is 81.4 Å². The average Bonchev–Trinajstić information content (AvgIpc) is 2.87. The summed E-state index contributed by atoms with van der Waals surface area (Å²) in [5, 5.41) is 7.89. The predicted molar refractivity (Wildman–Crippen MR) is 156 cm³/mol. The van der Waals surface area contributed by atoms with Crippen molar-refractivity contribution in [3.63, 3.8) is 0 Å². The largest absolute Gasteiger partial charge is 0.444 e. The van der Waals surface area contributed by atoms with E-state index in [0.717, 1.165) is 10.8 Å². The number of amides is 3. The first kappa shape index (κ1) is 29.7. The highest BCUT2D eigenvalue weighted by Crippen LogP contribution is 2.27. The summed E-state index contributed by atoms with van der Waals surface area (Å²) in [6.45, 7) is 11.6. The number of rotatable bonds is 10. The SMILES string of the molecule is CCCN(C(=O)C(CC(C)C)NC(=O)OC(C)(C)C)C(C(=O)Nc1ccc2ccccc2c1)c1ccccc1. The van der Waals surface area contributed by atoms with Crippen LogP contribution in [-0.2, 0) is 14.3 Å². The summed E-state index contributed by atoms with van der Waals surface area (Å²) in [4.78, 5) is 42.3. The quantitative estimate of drug-likeness (QED) is 0.305. The van der Waals surface area contributed by atoms with Gasteiger partial charge < -0.3 is 20.3 Å². The van der Waals surface area contributed by atoms with Crippen LogP contribution in [0.2, 0.25) is 0 Å². The summed E-state index contributed by atoms with van der Waals surface area (Å²) in [6, 6.07) is 21.2. The lowest BCUT2D eigenvalue weighted by molar-refractivity contribution is -0.141. The lowest BCUT2D eigenvalue weighted by Crippen LogP contribution is -2.53. The normalized spacial score (nSPS) is 13.0. The van der Waals surface area contributed by atoms with Crippen molar-refractivity contribution < 1.29 is 19.1 Å². The van der Waals surface area contributed by atoms with Crippen LogP contribution < -0.4 is 10.6 Å². The minimum atomic E-state index is -0.889. The first-order valence-electron chi connectivity index (χ1n) is 13.6. The van der Waals surface area contributed by atoms with Crippen LogP contribution in [0, 0.1) is 5.92 Å². The van der Waals surface area contributed by atoms with Gasteiger partial charge in [0, 0.05) is 12.2 Å². The fourth-order valence-corrected chi connectivity index (χ4v) is 4.54. The molecular formula is C32H41N3O4. The topological polar surface area (TPSA) is 87.7 Å². The highest BCUT2D eigenvalue weighted by atomic mass is 16.6. The molecule has 208 valence electrons. The van der Waals surface area contributed by atoms with E-state index in [4.69, 9.17) is 4.74 Å². The van der Waals surface area contributed by atoms with Gasteiger partial charge in [0.2, 0.25) is 5.91 Å². The van der Waals surface area contributed by atoms with E-state index in [2.05, 4.69) is 10.6 Å². The Hall–Kier alpha value is -3.87. The summed E-state index contributed by atoms with van der Waals surface area (Å²) in [5.74, 6) is -0.517. The number of fused-ring (bicyclic) bond motifs is 1. The Balaban J connectivity index is 1.96. The van der Waals surface area contributed by atoms with E-state index in [1.807, 2.05) is 93.6 Å². The van der Waals surface area contributed by atoms with Crippen molar-refractivity contribution in [2.24, 2.45) is 5.92 Å². The van der Waals surface area contributed by atoms with Crippen molar-refractivity contribution >= 4 is 34.4 Å². The van der Waals surface area contributed by atoms with Crippen molar-refractivity contribution in [3.05, 3.63) is 78.4 Å². The number of hydrogen-bond acceptors (Lipinski definition) is 4. The molecule has 3 aromatic rings. The van der Waals surface area contributed by atoms with Gasteiger partial charge in [-0.15, -0.1) is 0 Å². The molecule has 0 heterocycles. The number of carbonyl (C=O) groups excluding carboxylic acids is 3. The van der Waals surface area contributed by atoms with Crippen molar-refractivity contribution in [2.45, 2.75) is 72.1 Å². The molecule has 3 rings (SSSR count). The summed E-state index contributed by atoms with van der Waals surface area (Å²) in [5.41, 5.74) is 0.637. The van der Waals surface area contributed by atoms with Crippen LogP contribution >= 0.6 is 0 Å². The van der Waals surface area contributed by atoms with Crippen LogP contribution in [0.3, 0.4) is 0 Å². The van der Waals surface area contributed by atoms with Crippen LogP contribution in [0.5, 0.6) is 0 Å². The molecule has 0 aliphatic heterocycles. The zero-order chi connectivity index (χ0) is 28.6. The molecule has 0 saturated carbocycles. The maximum atomic E-state index is 14.1. The Morgan fingerprint density at radius 2 is 1.54 bits per heavy atom. The summed E-state index contributed by atoms with van der Waals surface area (Å²) in [7, 11) is 0. The highest BCUT2D eigenvalue weighted by Gasteiger charge is 2.36. The molecule has 0 saturated heterocycles. The van der Waals surface area contributed by atoms with Crippen molar-refractivity contribution in [3.8, 4) is 0 Å². The minimum Gasteiger partial charge on any atom is -0.444 e. The molecular weight excluding hydrogens is 490 g/mol. The average molecular weight is 532 g/mol. The molecule has 0 aliphatic carbocycles. The molecule has 3 aromatic carbocycles. The van der Waals surface area contributed by atoms with Crippen molar-refractivity contribution in [2.75, 3.05) is 11.9 Å². The Bertz CT molecular complexity index is 1270. The van der Waals surface area contributed by atoms with Gasteiger partial charge in [0.1, 0.15) is 17.7 Å². The van der Waals surface area contributed by atoms with E-state index in [1.54, 1.807) is 25.7 Å². The van der Waals surface area contributed by atoms with Gasteiger partial charge in [-0.25, -0.2) is 4.79 Å². The first-order valence-corrected chi connectivity index (χ1v) is 13.6. The van der Waals surface area contributed by atoms with Crippen molar-refractivity contribution in [1.82, 2.24) is 10.2 Å². The molecule has 0 spiro atoms. The van der Waals surface area contributed by atoms with Gasteiger partial charge in [0.15, 0.2) is 0 Å². The van der Waals surface area contributed by atoms with Gasteiger partial charge in [0.05, 0.1) is 0 Å². The molecule has 7 heteroatoms. The van der Waals surface area contributed by atoms with Crippen LogP contribution in [0.25, 0.3) is 10.8 Å². The maximum Gasteiger partial charge on any atom is 0.408 e. The number of nitrogens with zero attached hydrogens (tertiary/aromatic N) is 1. The van der Waals surface area contributed by atoms with Gasteiger partial charge in [-0.05, 0) is 68.0 Å². The van der Waals surface area contributed by atoms with E-state index in [0.29, 0.717) is 30.6 Å². The monoisotopic (exact) mass is 531 g/mol. The van der Waals surface area contributed by atoms with Gasteiger partial charge in [0.25, 0.3) is 5.91 Å². The number of benzene rings is 3.